The van der Waals surface area contributed by atoms with Crippen molar-refractivity contribution in [2.24, 2.45) is 0 Å². The van der Waals surface area contributed by atoms with Gasteiger partial charge in [-0.2, -0.15) is 0 Å². The van der Waals surface area contributed by atoms with E-state index in [0.29, 0.717) is 4.77 Å². The average Bonchev–Trinajstić information content (AvgIpc) is 3.15. The molecule has 6 nitrogen and oxygen atoms in total. The van der Waals surface area contributed by atoms with Crippen LogP contribution in [0.25, 0.3) is 22.5 Å². The molecule has 0 atom stereocenters. The molecule has 7 heteroatoms. The van der Waals surface area contributed by atoms with Crippen molar-refractivity contribution >= 4 is 17.9 Å². The van der Waals surface area contributed by atoms with Crippen LogP contribution in [0.4, 0.5) is 5.69 Å². The summed E-state index contributed by atoms with van der Waals surface area (Å²) in [5.74, 6) is 2.38. The molecule has 0 saturated heterocycles. The van der Waals surface area contributed by atoms with E-state index in [9.17, 15) is 0 Å². The Hall–Kier alpha value is -3.71. The van der Waals surface area contributed by atoms with Gasteiger partial charge in [0.05, 0.1) is 38.4 Å². The Kier molecular flexibility index (Phi) is 5.95. The van der Waals surface area contributed by atoms with Crippen molar-refractivity contribution in [2.75, 3.05) is 26.8 Å². The van der Waals surface area contributed by atoms with E-state index in [1.54, 1.807) is 21.3 Å². The van der Waals surface area contributed by atoms with E-state index in [-0.39, 0.29) is 0 Å². The quantitative estimate of drug-likeness (QED) is 0.362. The normalized spacial score (nSPS) is 10.5. The van der Waals surface area contributed by atoms with Gasteiger partial charge in [-0.25, -0.2) is 4.68 Å². The van der Waals surface area contributed by atoms with Crippen LogP contribution in [0, 0.1) is 4.77 Å². The van der Waals surface area contributed by atoms with Gasteiger partial charge in [-0.3, -0.25) is 5.43 Å². The predicted molar refractivity (Wildman–Crippen MR) is 126 cm³/mol. The number of imidazole rings is 1. The largest absolute Gasteiger partial charge is 0.497 e. The Bertz CT molecular complexity index is 1210. The maximum absolute atomic E-state index is 5.68. The fourth-order valence-electron chi connectivity index (χ4n) is 3.33. The summed E-state index contributed by atoms with van der Waals surface area (Å²) in [7, 11) is 4.95. The number of rotatable bonds is 7. The van der Waals surface area contributed by atoms with Gasteiger partial charge in [0.15, 0.2) is 4.77 Å². The van der Waals surface area contributed by atoms with Crippen LogP contribution in [-0.4, -0.2) is 31.0 Å². The van der Waals surface area contributed by atoms with Crippen LogP contribution in [0.15, 0.2) is 72.8 Å². The molecular formula is C24H23N3O3S. The Balaban J connectivity index is 1.84. The molecule has 1 aromatic heterocycles. The molecular weight excluding hydrogens is 410 g/mol. The highest BCUT2D eigenvalue weighted by molar-refractivity contribution is 7.71. The fourth-order valence-corrected chi connectivity index (χ4v) is 3.56. The molecule has 0 fully saturated rings. The molecule has 1 heterocycles. The first-order valence-corrected chi connectivity index (χ1v) is 10.1. The van der Waals surface area contributed by atoms with Crippen molar-refractivity contribution in [3.63, 3.8) is 0 Å². The number of benzene rings is 3. The van der Waals surface area contributed by atoms with E-state index in [1.807, 2.05) is 77.5 Å². The van der Waals surface area contributed by atoms with Crippen LogP contribution < -0.4 is 19.6 Å². The summed E-state index contributed by atoms with van der Waals surface area (Å²) in [6.45, 7) is 0. The van der Waals surface area contributed by atoms with E-state index in [4.69, 9.17) is 26.4 Å². The highest BCUT2D eigenvalue weighted by Gasteiger charge is 2.17. The summed E-state index contributed by atoms with van der Waals surface area (Å²) in [5, 5.41) is 0. The molecule has 0 aliphatic heterocycles. The van der Waals surface area contributed by atoms with Crippen molar-refractivity contribution in [3.05, 3.63) is 77.6 Å². The molecule has 2 N–H and O–H groups in total. The van der Waals surface area contributed by atoms with Crippen LogP contribution in [0.2, 0.25) is 0 Å². The number of hydrogen-bond acceptors (Lipinski definition) is 5. The Morgan fingerprint density at radius 2 is 1.13 bits per heavy atom. The molecule has 4 aromatic rings. The van der Waals surface area contributed by atoms with Gasteiger partial charge in [-0.15, -0.1) is 0 Å². The maximum atomic E-state index is 5.68. The van der Waals surface area contributed by atoms with Crippen LogP contribution in [-0.2, 0) is 0 Å². The number of anilines is 1. The second kappa shape index (κ2) is 8.97. The number of aromatic nitrogens is 2. The zero-order valence-corrected chi connectivity index (χ0v) is 18.3. The summed E-state index contributed by atoms with van der Waals surface area (Å²) in [4.78, 5) is 3.36. The average molecular weight is 434 g/mol. The summed E-state index contributed by atoms with van der Waals surface area (Å²) in [6.07, 6.45) is 0. The molecule has 0 radical (unpaired) electrons. The van der Waals surface area contributed by atoms with Crippen LogP contribution in [0.5, 0.6) is 17.2 Å². The molecule has 0 aliphatic rings. The third-order valence-electron chi connectivity index (χ3n) is 4.97. The molecule has 4 rings (SSSR count). The number of hydrogen-bond donors (Lipinski definition) is 2. The van der Waals surface area contributed by atoms with Gasteiger partial charge < -0.3 is 19.2 Å². The number of aromatic amines is 1. The number of H-pyrrole nitrogens is 1. The molecule has 0 bridgehead atoms. The lowest BCUT2D eigenvalue weighted by atomic mass is 10.0. The summed E-state index contributed by atoms with van der Waals surface area (Å²) >= 11 is 5.68. The van der Waals surface area contributed by atoms with Crippen molar-refractivity contribution in [1.29, 1.82) is 0 Å². The fraction of sp³-hybridized carbons (Fsp3) is 0.125. The van der Waals surface area contributed by atoms with E-state index in [1.165, 1.54) is 0 Å². The van der Waals surface area contributed by atoms with Gasteiger partial charge in [0.1, 0.15) is 17.2 Å². The Labute approximate surface area is 186 Å². The molecule has 158 valence electrons. The highest BCUT2D eigenvalue weighted by Crippen LogP contribution is 2.34. The number of nitrogens with one attached hydrogen (secondary N) is 2. The van der Waals surface area contributed by atoms with E-state index in [2.05, 4.69) is 10.4 Å². The summed E-state index contributed by atoms with van der Waals surface area (Å²) in [6, 6.07) is 23.4. The molecule has 0 unspecified atom stereocenters. The minimum atomic E-state index is 0.549. The molecule has 31 heavy (non-hydrogen) atoms. The minimum absolute atomic E-state index is 0.549. The van der Waals surface area contributed by atoms with E-state index >= 15 is 0 Å². The highest BCUT2D eigenvalue weighted by atomic mass is 32.1. The van der Waals surface area contributed by atoms with Crippen LogP contribution in [0.3, 0.4) is 0 Å². The first-order chi connectivity index (χ1) is 15.1. The molecule has 0 amide bonds. The van der Waals surface area contributed by atoms with Crippen molar-refractivity contribution in [2.45, 2.75) is 0 Å². The van der Waals surface area contributed by atoms with Gasteiger partial charge in [0.2, 0.25) is 0 Å². The summed E-state index contributed by atoms with van der Waals surface area (Å²) < 4.78 is 18.3. The lowest BCUT2D eigenvalue weighted by Gasteiger charge is -2.14. The smallest absolute Gasteiger partial charge is 0.197 e. The monoisotopic (exact) mass is 433 g/mol. The van der Waals surface area contributed by atoms with E-state index < -0.39 is 0 Å². The lowest BCUT2D eigenvalue weighted by molar-refractivity contribution is 0.414. The van der Waals surface area contributed by atoms with Crippen molar-refractivity contribution in [1.82, 2.24) is 9.66 Å². The molecule has 3 aromatic carbocycles. The Morgan fingerprint density at radius 1 is 0.677 bits per heavy atom. The predicted octanol–water partition coefficient (Wildman–Crippen LogP) is 5.78. The van der Waals surface area contributed by atoms with Gasteiger partial charge in [-0.1, -0.05) is 0 Å². The van der Waals surface area contributed by atoms with Crippen LogP contribution >= 0.6 is 12.2 Å². The lowest BCUT2D eigenvalue weighted by Crippen LogP contribution is -2.10. The number of nitrogens with zero attached hydrogens (tertiary/aromatic N) is 1. The van der Waals surface area contributed by atoms with Gasteiger partial charge in [-0.05, 0) is 85.0 Å². The second-order valence-corrected chi connectivity index (χ2v) is 7.17. The molecule has 0 aliphatic carbocycles. The van der Waals surface area contributed by atoms with Gasteiger partial charge in [0, 0.05) is 11.1 Å². The molecule has 0 saturated carbocycles. The number of ether oxygens (including phenoxy) is 3. The minimum Gasteiger partial charge on any atom is -0.497 e. The van der Waals surface area contributed by atoms with Crippen molar-refractivity contribution in [3.8, 4) is 39.8 Å². The standard InChI is InChI=1S/C24H23N3O3S/c1-28-19-10-4-16(5-11-19)22-23(17-6-12-20(29-2)13-7-17)27(24(31)25-22)26-18-8-14-21(30-3)15-9-18/h4-15,26H,1-3H3,(H,25,31). The summed E-state index contributed by atoms with van der Waals surface area (Å²) in [5.41, 5.74) is 8.08. The topological polar surface area (TPSA) is 60.4 Å². The zero-order valence-electron chi connectivity index (χ0n) is 17.5. The molecule has 0 spiro atoms. The Morgan fingerprint density at radius 3 is 1.61 bits per heavy atom. The second-order valence-electron chi connectivity index (χ2n) is 6.79. The van der Waals surface area contributed by atoms with Gasteiger partial charge in [0.25, 0.3) is 0 Å². The zero-order chi connectivity index (χ0) is 21.8. The first kappa shape index (κ1) is 20.6. The SMILES string of the molecule is COc1ccc(Nn2c(-c3ccc(OC)cc3)c(-c3ccc(OC)cc3)[nH]c2=S)cc1. The number of methoxy groups -OCH3 is 3. The third kappa shape index (κ3) is 4.27. The van der Waals surface area contributed by atoms with Crippen LogP contribution in [0.1, 0.15) is 0 Å². The first-order valence-electron chi connectivity index (χ1n) is 9.68. The van der Waals surface area contributed by atoms with Crippen molar-refractivity contribution < 1.29 is 14.2 Å². The van der Waals surface area contributed by atoms with E-state index in [0.717, 1.165) is 45.5 Å². The maximum Gasteiger partial charge on any atom is 0.197 e. The van der Waals surface area contributed by atoms with Gasteiger partial charge >= 0.3 is 0 Å². The third-order valence-corrected chi connectivity index (χ3v) is 5.25.